The van der Waals surface area contributed by atoms with Crippen LogP contribution < -0.4 is 0 Å². The van der Waals surface area contributed by atoms with E-state index >= 15 is 0 Å². The van der Waals surface area contributed by atoms with Gasteiger partial charge in [0.25, 0.3) is 0 Å². The molecule has 1 saturated carbocycles. The molecule has 1 aliphatic rings. The fourth-order valence-corrected chi connectivity index (χ4v) is 3.03. The molecule has 0 heterocycles. The molecule has 0 amide bonds. The monoisotopic (exact) mass is 364 g/mol. The lowest BCUT2D eigenvalue weighted by Crippen LogP contribution is -2.31. The minimum Gasteiger partial charge on any atom is -0.376 e. The average molecular weight is 365 g/mol. The quantitative estimate of drug-likeness (QED) is 0.488. The summed E-state index contributed by atoms with van der Waals surface area (Å²) in [6.07, 6.45) is 4.25. The molecule has 0 saturated heterocycles. The molecule has 0 aromatic rings. The van der Waals surface area contributed by atoms with Crippen LogP contribution in [-0.2, 0) is 4.74 Å². The van der Waals surface area contributed by atoms with Crippen molar-refractivity contribution in [3.8, 4) is 0 Å². The number of hydrogen-bond acceptors (Lipinski definition) is 1. The maximum atomic E-state index is 5.86. The van der Waals surface area contributed by atoms with E-state index in [4.69, 9.17) is 27.9 Å². The second kappa shape index (κ2) is 7.57. The van der Waals surface area contributed by atoms with Gasteiger partial charge in [-0.15, -0.1) is 23.2 Å². The van der Waals surface area contributed by atoms with E-state index in [1.165, 1.54) is 19.3 Å². The molecule has 0 aromatic heterocycles. The maximum Gasteiger partial charge on any atom is 0.0839 e. The van der Waals surface area contributed by atoms with E-state index in [0.29, 0.717) is 21.6 Å². The van der Waals surface area contributed by atoms with E-state index in [9.17, 15) is 0 Å². The third-order valence-electron chi connectivity index (χ3n) is 3.23. The van der Waals surface area contributed by atoms with Gasteiger partial charge in [0.15, 0.2) is 0 Å². The van der Waals surface area contributed by atoms with Crippen LogP contribution in [0.4, 0.5) is 0 Å². The van der Waals surface area contributed by atoms with Crippen LogP contribution in [0, 0.1) is 11.8 Å². The number of rotatable bonds is 7. The number of halogens is 3. The van der Waals surface area contributed by atoms with Crippen LogP contribution in [0.25, 0.3) is 0 Å². The zero-order valence-electron chi connectivity index (χ0n) is 9.09. The molecule has 1 rings (SSSR count). The summed E-state index contributed by atoms with van der Waals surface area (Å²) in [6, 6.07) is 0. The zero-order valence-corrected chi connectivity index (χ0v) is 12.8. The topological polar surface area (TPSA) is 9.23 Å². The first-order chi connectivity index (χ1) is 7.19. The van der Waals surface area contributed by atoms with Crippen LogP contribution in [0.3, 0.4) is 0 Å². The van der Waals surface area contributed by atoms with E-state index in [-0.39, 0.29) is 6.10 Å². The first kappa shape index (κ1) is 14.3. The summed E-state index contributed by atoms with van der Waals surface area (Å²) in [5.41, 5.74) is 0. The van der Waals surface area contributed by atoms with Gasteiger partial charge in [0.05, 0.1) is 10.0 Å². The molecule has 1 nitrogen and oxygen atoms in total. The Morgan fingerprint density at radius 2 is 2.00 bits per heavy atom. The van der Waals surface area contributed by atoms with Gasteiger partial charge in [-0.05, 0) is 11.8 Å². The van der Waals surface area contributed by atoms with Crippen LogP contribution >= 0.6 is 45.8 Å². The highest BCUT2D eigenvalue weighted by Crippen LogP contribution is 2.33. The van der Waals surface area contributed by atoms with Crippen molar-refractivity contribution >= 4 is 45.8 Å². The molecule has 0 spiro atoms. The van der Waals surface area contributed by atoms with Gasteiger partial charge >= 0.3 is 0 Å². The molecule has 90 valence electrons. The van der Waals surface area contributed by atoms with Crippen LogP contribution in [0.1, 0.15) is 26.2 Å². The maximum absolute atomic E-state index is 5.86. The average Bonchev–Trinajstić information content (AvgIpc) is 2.15. The molecule has 1 aliphatic carbocycles. The summed E-state index contributed by atoms with van der Waals surface area (Å²) in [7, 11) is 0. The third-order valence-corrected chi connectivity index (χ3v) is 5.63. The Labute approximate surface area is 116 Å². The number of ether oxygens (including phenoxy) is 1. The Morgan fingerprint density at radius 3 is 2.40 bits per heavy atom. The smallest absolute Gasteiger partial charge is 0.0839 e. The van der Waals surface area contributed by atoms with E-state index in [1.807, 2.05) is 0 Å². The summed E-state index contributed by atoms with van der Waals surface area (Å²) in [5, 5.41) is 0. The Morgan fingerprint density at radius 1 is 1.33 bits per heavy atom. The van der Waals surface area contributed by atoms with Crippen molar-refractivity contribution in [3.63, 3.8) is 0 Å². The largest absolute Gasteiger partial charge is 0.376 e. The number of alkyl halides is 3. The van der Waals surface area contributed by atoms with Crippen molar-refractivity contribution in [2.24, 2.45) is 11.8 Å². The minimum absolute atomic E-state index is 0.104. The fourth-order valence-electron chi connectivity index (χ4n) is 1.77. The van der Waals surface area contributed by atoms with E-state index in [2.05, 4.69) is 29.5 Å². The zero-order chi connectivity index (χ0) is 11.3. The van der Waals surface area contributed by atoms with Crippen LogP contribution in [0.15, 0.2) is 0 Å². The second-order valence-corrected chi connectivity index (χ2v) is 6.58. The first-order valence-corrected chi connectivity index (χ1v) is 7.88. The Bertz CT molecular complexity index is 176. The Hall–Kier alpha value is 1.27. The highest BCUT2D eigenvalue weighted by molar-refractivity contribution is 14.1. The van der Waals surface area contributed by atoms with Gasteiger partial charge in [-0.3, -0.25) is 0 Å². The standard InChI is InChI=1S/C11H19Cl2IO/c1-8(9-3-2-4-9)7-15-11(6-13)10(14)5-12/h8-11H,2-7H2,1H3. The first-order valence-electron chi connectivity index (χ1n) is 5.56. The highest BCUT2D eigenvalue weighted by atomic mass is 127. The van der Waals surface area contributed by atoms with E-state index in [1.54, 1.807) is 0 Å². The van der Waals surface area contributed by atoms with Gasteiger partial charge in [0.1, 0.15) is 0 Å². The summed E-state index contributed by atoms with van der Waals surface area (Å²) >= 11 is 14.0. The van der Waals surface area contributed by atoms with E-state index < -0.39 is 0 Å². The van der Waals surface area contributed by atoms with Crippen molar-refractivity contribution in [2.75, 3.05) is 18.4 Å². The lowest BCUT2D eigenvalue weighted by atomic mass is 9.77. The molecule has 1 fully saturated rings. The van der Waals surface area contributed by atoms with Gasteiger partial charge in [0, 0.05) is 18.4 Å². The summed E-state index contributed by atoms with van der Waals surface area (Å²) in [6.45, 7) is 3.11. The normalized spacial score (nSPS) is 23.2. The predicted molar refractivity (Wildman–Crippen MR) is 75.5 cm³/mol. The molecule has 3 atom stereocenters. The third kappa shape index (κ3) is 4.57. The van der Waals surface area contributed by atoms with Crippen molar-refractivity contribution in [1.29, 1.82) is 0 Å². The lowest BCUT2D eigenvalue weighted by Gasteiger charge is -2.32. The molecule has 0 radical (unpaired) electrons. The van der Waals surface area contributed by atoms with Gasteiger partial charge in [0.2, 0.25) is 0 Å². The molecule has 3 unspecified atom stereocenters. The van der Waals surface area contributed by atoms with Crippen molar-refractivity contribution in [3.05, 3.63) is 0 Å². The summed E-state index contributed by atoms with van der Waals surface area (Å²) in [4.78, 5) is 0. The Kier molecular flexibility index (Phi) is 7.23. The summed E-state index contributed by atoms with van der Waals surface area (Å²) < 4.78 is 6.15. The van der Waals surface area contributed by atoms with Crippen LogP contribution in [-0.4, -0.2) is 28.4 Å². The van der Waals surface area contributed by atoms with Gasteiger partial charge < -0.3 is 4.74 Å². The van der Waals surface area contributed by atoms with Crippen molar-refractivity contribution in [2.45, 2.75) is 36.2 Å². The van der Waals surface area contributed by atoms with Crippen LogP contribution in [0.5, 0.6) is 0 Å². The SMILES string of the molecule is CC(COC(CCl)C(I)CCl)C1CCC1. The second-order valence-electron chi connectivity index (χ2n) is 4.36. The molecule has 4 heteroatoms. The minimum atomic E-state index is 0.104. The number of hydrogen-bond donors (Lipinski definition) is 0. The molecule has 15 heavy (non-hydrogen) atoms. The fraction of sp³-hybridized carbons (Fsp3) is 1.00. The van der Waals surface area contributed by atoms with Crippen molar-refractivity contribution < 1.29 is 4.74 Å². The van der Waals surface area contributed by atoms with E-state index in [0.717, 1.165) is 12.5 Å². The molecule has 0 bridgehead atoms. The van der Waals surface area contributed by atoms with Gasteiger partial charge in [-0.25, -0.2) is 0 Å². The Balaban J connectivity index is 2.20. The lowest BCUT2D eigenvalue weighted by molar-refractivity contribution is 0.0227. The molecular weight excluding hydrogens is 346 g/mol. The van der Waals surface area contributed by atoms with Crippen LogP contribution in [0.2, 0.25) is 0 Å². The van der Waals surface area contributed by atoms with Gasteiger partial charge in [-0.1, -0.05) is 48.8 Å². The highest BCUT2D eigenvalue weighted by Gasteiger charge is 2.25. The predicted octanol–water partition coefficient (Wildman–Crippen LogP) is 4.09. The molecular formula is C11H19Cl2IO. The van der Waals surface area contributed by atoms with Crippen molar-refractivity contribution in [1.82, 2.24) is 0 Å². The summed E-state index contributed by atoms with van der Waals surface area (Å²) in [5.74, 6) is 2.70. The molecule has 0 aromatic carbocycles. The molecule has 0 N–H and O–H groups in total. The van der Waals surface area contributed by atoms with Gasteiger partial charge in [-0.2, -0.15) is 0 Å². The molecule has 0 aliphatic heterocycles.